The lowest BCUT2D eigenvalue weighted by molar-refractivity contribution is 0.150. The van der Waals surface area contributed by atoms with Crippen LogP contribution in [0.3, 0.4) is 0 Å². The lowest BCUT2D eigenvalue weighted by atomic mass is 9.66. The number of methoxy groups -OCH3 is 1. The highest BCUT2D eigenvalue weighted by Crippen LogP contribution is 2.42. The zero-order valence-electron chi connectivity index (χ0n) is 12.1. The van der Waals surface area contributed by atoms with Gasteiger partial charge in [-0.1, -0.05) is 31.9 Å². The fraction of sp³-hybridized carbons (Fsp3) is 0.625. The third-order valence-electron chi connectivity index (χ3n) is 4.14. The molecule has 1 aromatic rings. The Balaban J connectivity index is 2.22. The minimum absolute atomic E-state index is 0.139. The summed E-state index contributed by atoms with van der Waals surface area (Å²) in [6.07, 6.45) is 5.42. The van der Waals surface area contributed by atoms with Gasteiger partial charge in [0.15, 0.2) is 0 Å². The second kappa shape index (κ2) is 5.34. The van der Waals surface area contributed by atoms with Gasteiger partial charge in [0, 0.05) is 10.6 Å². The van der Waals surface area contributed by atoms with Gasteiger partial charge in [0.1, 0.15) is 5.75 Å². The average Bonchev–Trinajstić information content (AvgIpc) is 2.26. The van der Waals surface area contributed by atoms with Crippen LogP contribution in [0, 0.1) is 5.41 Å². The van der Waals surface area contributed by atoms with Gasteiger partial charge in [0.25, 0.3) is 0 Å². The third-order valence-corrected chi connectivity index (χ3v) is 4.38. The number of hydrogen-bond donors (Lipinski definition) is 1. The van der Waals surface area contributed by atoms with Gasteiger partial charge in [-0.2, -0.15) is 0 Å². The van der Waals surface area contributed by atoms with Gasteiger partial charge in [0.2, 0.25) is 0 Å². The summed E-state index contributed by atoms with van der Waals surface area (Å²) in [5.74, 6) is 0.887. The molecule has 1 saturated carbocycles. The maximum Gasteiger partial charge on any atom is 0.122 e. The van der Waals surface area contributed by atoms with Crippen molar-refractivity contribution in [3.63, 3.8) is 0 Å². The Morgan fingerprint density at radius 3 is 2.68 bits per heavy atom. The summed E-state index contributed by atoms with van der Waals surface area (Å²) in [6.45, 7) is 4.62. The molecule has 2 rings (SSSR count). The predicted molar refractivity (Wildman–Crippen MR) is 80.9 cm³/mol. The van der Waals surface area contributed by atoms with Gasteiger partial charge < -0.3 is 10.5 Å². The maximum atomic E-state index is 6.64. The minimum atomic E-state index is -0.139. The topological polar surface area (TPSA) is 35.2 Å². The Hall–Kier alpha value is -0.730. The molecule has 0 aliphatic heterocycles. The van der Waals surface area contributed by atoms with E-state index in [4.69, 9.17) is 22.1 Å². The van der Waals surface area contributed by atoms with Crippen molar-refractivity contribution in [2.24, 2.45) is 11.1 Å². The number of halogens is 1. The molecule has 0 amide bonds. The van der Waals surface area contributed by atoms with Crippen LogP contribution >= 0.6 is 11.6 Å². The first-order valence-electron chi connectivity index (χ1n) is 6.95. The van der Waals surface area contributed by atoms with E-state index in [1.165, 1.54) is 12.8 Å². The molecular formula is C16H24ClNO. The summed E-state index contributed by atoms with van der Waals surface area (Å²) in [7, 11) is 1.70. The molecule has 0 heterocycles. The molecule has 1 fully saturated rings. The van der Waals surface area contributed by atoms with E-state index in [0.717, 1.165) is 35.6 Å². The van der Waals surface area contributed by atoms with Gasteiger partial charge in [-0.05, 0) is 54.9 Å². The molecular weight excluding hydrogens is 258 g/mol. The molecule has 2 nitrogen and oxygen atoms in total. The van der Waals surface area contributed by atoms with Crippen molar-refractivity contribution in [3.05, 3.63) is 28.8 Å². The highest BCUT2D eigenvalue weighted by Gasteiger charge is 2.37. The van der Waals surface area contributed by atoms with Crippen molar-refractivity contribution in [2.45, 2.75) is 51.5 Å². The third kappa shape index (κ3) is 3.64. The Morgan fingerprint density at radius 1 is 1.32 bits per heavy atom. The Kier molecular flexibility index (Phi) is 4.12. The molecule has 0 spiro atoms. The molecule has 1 aliphatic rings. The van der Waals surface area contributed by atoms with Crippen molar-refractivity contribution in [1.82, 2.24) is 0 Å². The van der Waals surface area contributed by atoms with Crippen LogP contribution in [0.15, 0.2) is 18.2 Å². The summed E-state index contributed by atoms with van der Waals surface area (Å²) >= 11 is 6.10. The van der Waals surface area contributed by atoms with E-state index in [2.05, 4.69) is 13.8 Å². The summed E-state index contributed by atoms with van der Waals surface area (Å²) < 4.78 is 5.42. The Bertz CT molecular complexity index is 458. The van der Waals surface area contributed by atoms with Gasteiger partial charge in [-0.15, -0.1) is 0 Å². The van der Waals surface area contributed by atoms with Gasteiger partial charge in [0.05, 0.1) is 7.11 Å². The summed E-state index contributed by atoms with van der Waals surface area (Å²) in [5, 5.41) is 0.745. The first-order valence-corrected chi connectivity index (χ1v) is 7.33. The number of hydrogen-bond acceptors (Lipinski definition) is 2. The number of rotatable bonds is 3. The van der Waals surface area contributed by atoms with Crippen molar-refractivity contribution in [2.75, 3.05) is 7.11 Å². The molecule has 1 unspecified atom stereocenters. The standard InChI is InChI=1S/C16H24ClNO/c1-15(2)7-4-8-16(18,11-15)10-12-9-13(17)5-6-14(12)19-3/h5-6,9H,4,7-8,10-11,18H2,1-3H3. The van der Waals surface area contributed by atoms with Crippen LogP contribution in [-0.2, 0) is 6.42 Å². The van der Waals surface area contributed by atoms with Gasteiger partial charge in [-0.25, -0.2) is 0 Å². The van der Waals surface area contributed by atoms with Gasteiger partial charge >= 0.3 is 0 Å². The van der Waals surface area contributed by atoms with Crippen molar-refractivity contribution < 1.29 is 4.74 Å². The van der Waals surface area contributed by atoms with Crippen molar-refractivity contribution in [3.8, 4) is 5.75 Å². The fourth-order valence-corrected chi connectivity index (χ4v) is 3.66. The second-order valence-electron chi connectivity index (χ2n) is 6.69. The molecule has 1 aromatic carbocycles. The van der Waals surface area contributed by atoms with E-state index >= 15 is 0 Å². The molecule has 1 aliphatic carbocycles. The van der Waals surface area contributed by atoms with Crippen LogP contribution < -0.4 is 10.5 Å². The van der Waals surface area contributed by atoms with E-state index in [1.54, 1.807) is 7.11 Å². The minimum Gasteiger partial charge on any atom is -0.496 e. The number of ether oxygens (including phenoxy) is 1. The van der Waals surface area contributed by atoms with Gasteiger partial charge in [-0.3, -0.25) is 0 Å². The summed E-state index contributed by atoms with van der Waals surface area (Å²) in [6, 6.07) is 5.77. The quantitative estimate of drug-likeness (QED) is 0.902. The van der Waals surface area contributed by atoms with E-state index in [1.807, 2.05) is 18.2 Å². The lowest BCUT2D eigenvalue weighted by Gasteiger charge is -2.43. The summed E-state index contributed by atoms with van der Waals surface area (Å²) in [4.78, 5) is 0. The lowest BCUT2D eigenvalue weighted by Crippen LogP contribution is -2.48. The van der Waals surface area contributed by atoms with Crippen LogP contribution in [0.5, 0.6) is 5.75 Å². The highest BCUT2D eigenvalue weighted by atomic mass is 35.5. The Labute approximate surface area is 121 Å². The largest absolute Gasteiger partial charge is 0.496 e. The molecule has 0 bridgehead atoms. The molecule has 0 aromatic heterocycles. The highest BCUT2D eigenvalue weighted by molar-refractivity contribution is 6.30. The zero-order valence-corrected chi connectivity index (χ0v) is 12.9. The monoisotopic (exact) mass is 281 g/mol. The molecule has 0 saturated heterocycles. The second-order valence-corrected chi connectivity index (χ2v) is 7.13. The van der Waals surface area contributed by atoms with Crippen molar-refractivity contribution in [1.29, 1.82) is 0 Å². The van der Waals surface area contributed by atoms with Crippen molar-refractivity contribution >= 4 is 11.6 Å². The van der Waals surface area contributed by atoms with Crippen LogP contribution in [0.4, 0.5) is 0 Å². The number of benzene rings is 1. The van der Waals surface area contributed by atoms with Crippen LogP contribution in [0.25, 0.3) is 0 Å². The molecule has 106 valence electrons. The summed E-state index contributed by atoms with van der Waals surface area (Å²) in [5.41, 5.74) is 7.96. The number of nitrogens with two attached hydrogens (primary N) is 1. The van der Waals surface area contributed by atoms with E-state index in [-0.39, 0.29) is 5.54 Å². The molecule has 0 radical (unpaired) electrons. The molecule has 19 heavy (non-hydrogen) atoms. The maximum absolute atomic E-state index is 6.64. The van der Waals surface area contributed by atoms with Crippen LogP contribution in [0.1, 0.15) is 45.1 Å². The van der Waals surface area contributed by atoms with E-state index < -0.39 is 0 Å². The first kappa shape index (κ1) is 14.7. The SMILES string of the molecule is COc1ccc(Cl)cc1CC1(N)CCCC(C)(C)C1. The molecule has 2 N–H and O–H groups in total. The average molecular weight is 282 g/mol. The molecule has 1 atom stereocenters. The van der Waals surface area contributed by atoms with E-state index in [0.29, 0.717) is 5.41 Å². The van der Waals surface area contributed by atoms with Crippen LogP contribution in [0.2, 0.25) is 5.02 Å². The fourth-order valence-electron chi connectivity index (χ4n) is 3.46. The first-order chi connectivity index (χ1) is 8.84. The smallest absolute Gasteiger partial charge is 0.122 e. The van der Waals surface area contributed by atoms with E-state index in [9.17, 15) is 0 Å². The zero-order chi connectivity index (χ0) is 14.1. The van der Waals surface area contributed by atoms with Crippen LogP contribution in [-0.4, -0.2) is 12.6 Å². The predicted octanol–water partition coefficient (Wildman–Crippen LogP) is 4.19. The molecule has 3 heteroatoms. The Morgan fingerprint density at radius 2 is 2.05 bits per heavy atom. The normalized spacial score (nSPS) is 26.2.